The summed E-state index contributed by atoms with van der Waals surface area (Å²) in [5.41, 5.74) is 2.55. The van der Waals surface area contributed by atoms with Crippen molar-refractivity contribution >= 4 is 43.4 Å². The van der Waals surface area contributed by atoms with Gasteiger partial charge in [0, 0.05) is 37.3 Å². The van der Waals surface area contributed by atoms with Crippen LogP contribution in [0.3, 0.4) is 0 Å². The Hall–Kier alpha value is -3.80. The van der Waals surface area contributed by atoms with Gasteiger partial charge in [-0.25, -0.2) is 21.6 Å². The van der Waals surface area contributed by atoms with Crippen LogP contribution in [-0.2, 0) is 24.7 Å². The SMILES string of the molecule is CC(=O)Nc1ccc(C(=O)N2CCC(NS(=O)(=O)CC=Cc3cc(S(=O)(=O)c4ccccc4)ccc3C)CC2)cc1. The Balaban J connectivity index is 1.32. The van der Waals surface area contributed by atoms with Crippen molar-refractivity contribution < 1.29 is 26.4 Å². The number of amides is 2. The van der Waals surface area contributed by atoms with Crippen LogP contribution in [0.25, 0.3) is 6.08 Å². The summed E-state index contributed by atoms with van der Waals surface area (Å²) in [6.07, 6.45) is 4.10. The number of benzene rings is 3. The Labute approximate surface area is 241 Å². The van der Waals surface area contributed by atoms with E-state index in [1.54, 1.807) is 71.6 Å². The van der Waals surface area contributed by atoms with Gasteiger partial charge in [0.15, 0.2) is 0 Å². The first-order valence-electron chi connectivity index (χ1n) is 13.2. The minimum absolute atomic E-state index is 0.139. The zero-order valence-corrected chi connectivity index (χ0v) is 24.5. The molecule has 1 fully saturated rings. The van der Waals surface area contributed by atoms with E-state index in [9.17, 15) is 26.4 Å². The van der Waals surface area contributed by atoms with Crippen LogP contribution in [0.4, 0.5) is 5.69 Å². The van der Waals surface area contributed by atoms with Gasteiger partial charge >= 0.3 is 0 Å². The third-order valence-electron chi connectivity index (χ3n) is 6.81. The molecule has 0 aromatic heterocycles. The summed E-state index contributed by atoms with van der Waals surface area (Å²) < 4.78 is 54.2. The molecule has 2 N–H and O–H groups in total. The number of hydrogen-bond donors (Lipinski definition) is 2. The number of sulfone groups is 1. The molecule has 3 aromatic carbocycles. The lowest BCUT2D eigenvalue weighted by atomic mass is 10.0. The number of carbonyl (C=O) groups excluding carboxylic acids is 2. The van der Waals surface area contributed by atoms with Gasteiger partial charge in [-0.2, -0.15) is 0 Å². The second kappa shape index (κ2) is 12.8. The predicted molar refractivity (Wildman–Crippen MR) is 159 cm³/mol. The molecule has 1 aliphatic rings. The van der Waals surface area contributed by atoms with Gasteiger partial charge in [0.25, 0.3) is 5.91 Å². The molecule has 0 unspecified atom stereocenters. The average Bonchev–Trinajstić information content (AvgIpc) is 2.94. The maximum Gasteiger partial charge on any atom is 0.253 e. The van der Waals surface area contributed by atoms with Crippen molar-refractivity contribution in [1.29, 1.82) is 0 Å². The van der Waals surface area contributed by atoms with E-state index in [1.165, 1.54) is 25.1 Å². The van der Waals surface area contributed by atoms with Crippen LogP contribution in [0.5, 0.6) is 0 Å². The summed E-state index contributed by atoms with van der Waals surface area (Å²) in [5, 5.41) is 2.66. The lowest BCUT2D eigenvalue weighted by Crippen LogP contribution is -2.46. The van der Waals surface area contributed by atoms with Crippen molar-refractivity contribution in [2.24, 2.45) is 0 Å². The minimum atomic E-state index is -3.69. The van der Waals surface area contributed by atoms with E-state index in [2.05, 4.69) is 10.0 Å². The van der Waals surface area contributed by atoms with E-state index < -0.39 is 19.9 Å². The molecule has 0 aliphatic carbocycles. The van der Waals surface area contributed by atoms with Crippen molar-refractivity contribution in [2.75, 3.05) is 24.2 Å². The number of sulfonamides is 1. The minimum Gasteiger partial charge on any atom is -0.339 e. The zero-order valence-electron chi connectivity index (χ0n) is 22.9. The molecule has 3 aromatic rings. The third-order valence-corrected chi connectivity index (χ3v) is 9.90. The molecule has 0 spiro atoms. The molecule has 4 rings (SSSR count). The van der Waals surface area contributed by atoms with E-state index in [4.69, 9.17) is 0 Å². The molecular weight excluding hydrogens is 562 g/mol. The van der Waals surface area contributed by atoms with Crippen LogP contribution >= 0.6 is 0 Å². The number of nitrogens with zero attached hydrogens (tertiary/aromatic N) is 1. The number of rotatable bonds is 9. The number of anilines is 1. The number of nitrogens with one attached hydrogen (secondary N) is 2. The lowest BCUT2D eigenvalue weighted by Gasteiger charge is -2.32. The van der Waals surface area contributed by atoms with Crippen molar-refractivity contribution in [2.45, 2.75) is 42.5 Å². The van der Waals surface area contributed by atoms with E-state index in [0.717, 1.165) is 5.56 Å². The Kier molecular flexibility index (Phi) is 9.42. The Morgan fingerprint density at radius 3 is 2.20 bits per heavy atom. The molecule has 216 valence electrons. The van der Waals surface area contributed by atoms with Gasteiger partial charge in [-0.1, -0.05) is 36.4 Å². The molecule has 0 bridgehead atoms. The van der Waals surface area contributed by atoms with Crippen LogP contribution in [0.2, 0.25) is 0 Å². The standard InChI is InChI=1S/C30H33N3O6S2/c1-22-10-15-29(41(38,39)28-8-4-3-5-9-28)21-25(22)7-6-20-40(36,37)32-27-16-18-33(19-17-27)30(35)24-11-13-26(14-12-24)31-23(2)34/h3-15,21,27,32H,16-20H2,1-2H3,(H,31,34). The molecular formula is C30H33N3O6S2. The predicted octanol–water partition coefficient (Wildman–Crippen LogP) is 4.02. The van der Waals surface area contributed by atoms with Gasteiger partial charge in [0.2, 0.25) is 25.8 Å². The maximum atomic E-state index is 13.0. The van der Waals surface area contributed by atoms with Crippen LogP contribution in [-0.4, -0.2) is 58.4 Å². The summed E-state index contributed by atoms with van der Waals surface area (Å²) in [7, 11) is -7.34. The summed E-state index contributed by atoms with van der Waals surface area (Å²) >= 11 is 0. The van der Waals surface area contributed by atoms with Crippen LogP contribution in [0.1, 0.15) is 41.3 Å². The second-order valence-electron chi connectivity index (χ2n) is 9.96. The van der Waals surface area contributed by atoms with E-state index >= 15 is 0 Å². The Bertz CT molecular complexity index is 1640. The molecule has 9 nitrogen and oxygen atoms in total. The van der Waals surface area contributed by atoms with Crippen LogP contribution < -0.4 is 10.0 Å². The fraction of sp³-hybridized carbons (Fsp3) is 0.267. The highest BCUT2D eigenvalue weighted by molar-refractivity contribution is 7.91. The van der Waals surface area contributed by atoms with Gasteiger partial charge in [-0.3, -0.25) is 9.59 Å². The Morgan fingerprint density at radius 1 is 0.902 bits per heavy atom. The van der Waals surface area contributed by atoms with Crippen LogP contribution in [0, 0.1) is 6.92 Å². The van der Waals surface area contributed by atoms with E-state index in [1.807, 2.05) is 6.92 Å². The number of piperidine rings is 1. The van der Waals surface area contributed by atoms with E-state index in [0.29, 0.717) is 42.7 Å². The van der Waals surface area contributed by atoms with Crippen molar-refractivity contribution in [3.63, 3.8) is 0 Å². The second-order valence-corrected chi connectivity index (χ2v) is 13.7. The molecule has 1 heterocycles. The number of aryl methyl sites for hydroxylation is 1. The topological polar surface area (TPSA) is 130 Å². The fourth-order valence-electron chi connectivity index (χ4n) is 4.59. The van der Waals surface area contributed by atoms with E-state index in [-0.39, 0.29) is 33.4 Å². The smallest absolute Gasteiger partial charge is 0.253 e. The molecule has 1 saturated heterocycles. The number of likely N-dealkylation sites (tertiary alicyclic amines) is 1. The van der Waals surface area contributed by atoms with Gasteiger partial charge in [-0.05, 0) is 79.4 Å². The van der Waals surface area contributed by atoms with Gasteiger partial charge in [-0.15, -0.1) is 0 Å². The normalized spacial score (nSPS) is 14.7. The third kappa shape index (κ3) is 7.90. The first-order chi connectivity index (χ1) is 19.4. The summed E-state index contributed by atoms with van der Waals surface area (Å²) in [5.74, 6) is -0.597. The quantitative estimate of drug-likeness (QED) is 0.384. The number of hydrogen-bond acceptors (Lipinski definition) is 6. The first kappa shape index (κ1) is 30.2. The summed E-state index contributed by atoms with van der Waals surface area (Å²) in [6, 6.07) is 19.3. The van der Waals surface area contributed by atoms with Crippen molar-refractivity contribution in [1.82, 2.24) is 9.62 Å². The number of carbonyl (C=O) groups is 2. The molecule has 0 atom stereocenters. The maximum absolute atomic E-state index is 13.0. The van der Waals surface area contributed by atoms with Crippen LogP contribution in [0.15, 0.2) is 88.7 Å². The Morgan fingerprint density at radius 2 is 1.56 bits per heavy atom. The van der Waals surface area contributed by atoms with Gasteiger partial charge in [0.1, 0.15) is 0 Å². The summed E-state index contributed by atoms with van der Waals surface area (Å²) in [6.45, 7) is 4.07. The molecule has 0 radical (unpaired) electrons. The largest absolute Gasteiger partial charge is 0.339 e. The van der Waals surface area contributed by atoms with Crippen molar-refractivity contribution in [3.8, 4) is 0 Å². The zero-order chi connectivity index (χ0) is 29.6. The molecule has 11 heteroatoms. The molecule has 41 heavy (non-hydrogen) atoms. The highest BCUT2D eigenvalue weighted by Crippen LogP contribution is 2.24. The fourth-order valence-corrected chi connectivity index (χ4v) is 7.09. The lowest BCUT2D eigenvalue weighted by molar-refractivity contribution is -0.114. The average molecular weight is 596 g/mol. The highest BCUT2D eigenvalue weighted by Gasteiger charge is 2.26. The summed E-state index contributed by atoms with van der Waals surface area (Å²) in [4.78, 5) is 26.0. The highest BCUT2D eigenvalue weighted by atomic mass is 32.2. The molecule has 0 saturated carbocycles. The van der Waals surface area contributed by atoms with Gasteiger partial charge < -0.3 is 10.2 Å². The van der Waals surface area contributed by atoms with Gasteiger partial charge in [0.05, 0.1) is 15.5 Å². The molecule has 2 amide bonds. The first-order valence-corrected chi connectivity index (χ1v) is 16.3. The molecule has 1 aliphatic heterocycles. The van der Waals surface area contributed by atoms with Crippen molar-refractivity contribution in [3.05, 3.63) is 95.6 Å². The monoisotopic (exact) mass is 595 g/mol.